The van der Waals surface area contributed by atoms with Gasteiger partial charge in [0.1, 0.15) is 18.2 Å². The van der Waals surface area contributed by atoms with E-state index in [1.165, 1.54) is 4.90 Å². The van der Waals surface area contributed by atoms with Gasteiger partial charge in [-0.3, -0.25) is 14.9 Å². The van der Waals surface area contributed by atoms with Crippen molar-refractivity contribution in [3.63, 3.8) is 0 Å². The summed E-state index contributed by atoms with van der Waals surface area (Å²) >= 11 is 0. The van der Waals surface area contributed by atoms with Crippen molar-refractivity contribution >= 4 is 17.8 Å². The van der Waals surface area contributed by atoms with E-state index >= 15 is 0 Å². The van der Waals surface area contributed by atoms with Crippen LogP contribution in [-0.2, 0) is 19.1 Å². The highest BCUT2D eigenvalue weighted by Crippen LogP contribution is 2.22. The smallest absolute Gasteiger partial charge is 0.326 e. The lowest BCUT2D eigenvalue weighted by Gasteiger charge is -2.26. The second kappa shape index (κ2) is 7.77. The van der Waals surface area contributed by atoms with Gasteiger partial charge in [0.2, 0.25) is 5.91 Å². The van der Waals surface area contributed by atoms with E-state index in [0.29, 0.717) is 25.8 Å². The molecule has 130 valence electrons. The molecule has 2 heterocycles. The maximum atomic E-state index is 12.5. The third-order valence-corrected chi connectivity index (χ3v) is 4.59. The van der Waals surface area contributed by atoms with Crippen LogP contribution in [-0.4, -0.2) is 58.6 Å². The number of carbonyl (C=O) groups is 3. The summed E-state index contributed by atoms with van der Waals surface area (Å²) in [4.78, 5) is 36.9. The number of likely N-dealkylation sites (tertiary alicyclic amines) is 1. The summed E-state index contributed by atoms with van der Waals surface area (Å²) in [7, 11) is 0. The number of ether oxygens (including phenoxy) is 1. The van der Waals surface area contributed by atoms with Crippen molar-refractivity contribution in [3.05, 3.63) is 0 Å². The van der Waals surface area contributed by atoms with Crippen molar-refractivity contribution in [2.45, 2.75) is 76.6 Å². The van der Waals surface area contributed by atoms with Gasteiger partial charge in [0, 0.05) is 13.0 Å². The molecule has 0 radical (unpaired) electrons. The van der Waals surface area contributed by atoms with E-state index in [-0.39, 0.29) is 18.0 Å². The van der Waals surface area contributed by atoms with Crippen LogP contribution in [0.5, 0.6) is 0 Å². The Hall–Kier alpha value is -1.63. The topological polar surface area (TPSA) is 95.9 Å². The summed E-state index contributed by atoms with van der Waals surface area (Å²) in [5.41, 5.74) is 0. The van der Waals surface area contributed by atoms with Gasteiger partial charge in [-0.15, -0.1) is 0 Å². The van der Waals surface area contributed by atoms with Crippen LogP contribution in [0, 0.1) is 0 Å². The van der Waals surface area contributed by atoms with Crippen molar-refractivity contribution < 1.29 is 24.2 Å². The van der Waals surface area contributed by atoms with Crippen LogP contribution in [0.1, 0.15) is 52.4 Å². The van der Waals surface area contributed by atoms with Crippen molar-refractivity contribution in [3.8, 4) is 0 Å². The molecule has 7 heteroatoms. The number of carboxylic acids is 1. The Morgan fingerprint density at radius 1 is 1.48 bits per heavy atom. The molecule has 2 rings (SSSR count). The maximum Gasteiger partial charge on any atom is 0.326 e. The van der Waals surface area contributed by atoms with Gasteiger partial charge in [0.25, 0.3) is 0 Å². The molecule has 23 heavy (non-hydrogen) atoms. The summed E-state index contributed by atoms with van der Waals surface area (Å²) in [5, 5.41) is 12.2. The third kappa shape index (κ3) is 4.22. The van der Waals surface area contributed by atoms with Gasteiger partial charge in [-0.05, 0) is 26.2 Å². The van der Waals surface area contributed by atoms with Gasteiger partial charge in [0.05, 0.1) is 6.04 Å². The van der Waals surface area contributed by atoms with Gasteiger partial charge >= 0.3 is 11.9 Å². The Kier molecular flexibility index (Phi) is 5.98. The Bertz CT molecular complexity index is 467. The van der Waals surface area contributed by atoms with Crippen LogP contribution >= 0.6 is 0 Å². The minimum atomic E-state index is -0.969. The van der Waals surface area contributed by atoms with E-state index in [4.69, 9.17) is 9.84 Å². The van der Waals surface area contributed by atoms with Crippen molar-refractivity contribution in [2.24, 2.45) is 0 Å². The summed E-state index contributed by atoms with van der Waals surface area (Å²) in [6.45, 7) is 4.21. The van der Waals surface area contributed by atoms with Gasteiger partial charge in [-0.25, -0.2) is 4.79 Å². The molecular weight excluding hydrogens is 300 g/mol. The molecule has 2 unspecified atom stereocenters. The maximum absolute atomic E-state index is 12.5. The lowest BCUT2D eigenvalue weighted by atomic mass is 10.1. The Morgan fingerprint density at radius 3 is 2.87 bits per heavy atom. The fourth-order valence-corrected chi connectivity index (χ4v) is 3.31. The average Bonchev–Trinajstić information content (AvgIpc) is 3.12. The van der Waals surface area contributed by atoms with Gasteiger partial charge in [-0.2, -0.15) is 0 Å². The molecule has 2 saturated heterocycles. The summed E-state index contributed by atoms with van der Waals surface area (Å²) in [5.74, 6) is -1.55. The standard InChI is InChI=1S/C16H26N2O5/c1-3-4-6-11-9-12(16(22)23-11)17-10(2)14(19)18-8-5-7-13(18)15(20)21/h10-13,17H,3-9H2,1-2H3,(H,20,21)/t10-,11?,12?,13-/m0/s1. The van der Waals surface area contributed by atoms with Crippen LogP contribution in [0.25, 0.3) is 0 Å². The van der Waals surface area contributed by atoms with Crippen LogP contribution in [0.15, 0.2) is 0 Å². The number of carboxylic acid groups (broad SMARTS) is 1. The minimum absolute atomic E-state index is 0.0826. The summed E-state index contributed by atoms with van der Waals surface area (Å²) < 4.78 is 5.32. The molecule has 2 aliphatic rings. The molecule has 0 bridgehead atoms. The fourth-order valence-electron chi connectivity index (χ4n) is 3.31. The molecule has 2 N–H and O–H groups in total. The van der Waals surface area contributed by atoms with Gasteiger partial charge < -0.3 is 14.7 Å². The molecule has 7 nitrogen and oxygen atoms in total. The number of nitrogens with zero attached hydrogens (tertiary/aromatic N) is 1. The number of carbonyl (C=O) groups excluding carboxylic acids is 2. The third-order valence-electron chi connectivity index (χ3n) is 4.59. The quantitative estimate of drug-likeness (QED) is 0.675. The van der Waals surface area contributed by atoms with E-state index in [1.807, 2.05) is 0 Å². The number of hydrogen-bond acceptors (Lipinski definition) is 5. The number of cyclic esters (lactones) is 1. The molecule has 4 atom stereocenters. The largest absolute Gasteiger partial charge is 0.480 e. The number of amides is 1. The van der Waals surface area contributed by atoms with E-state index < -0.39 is 24.1 Å². The Morgan fingerprint density at radius 2 is 2.22 bits per heavy atom. The first-order valence-electron chi connectivity index (χ1n) is 8.43. The van der Waals surface area contributed by atoms with Crippen LogP contribution in [0.3, 0.4) is 0 Å². The molecule has 0 aromatic heterocycles. The fraction of sp³-hybridized carbons (Fsp3) is 0.812. The predicted molar refractivity (Wildman–Crippen MR) is 82.8 cm³/mol. The number of nitrogens with one attached hydrogen (secondary N) is 1. The molecule has 0 aromatic rings. The van der Waals surface area contributed by atoms with E-state index in [1.54, 1.807) is 6.92 Å². The van der Waals surface area contributed by atoms with E-state index in [9.17, 15) is 14.4 Å². The zero-order chi connectivity index (χ0) is 17.0. The van der Waals surface area contributed by atoms with E-state index in [0.717, 1.165) is 19.3 Å². The van der Waals surface area contributed by atoms with Crippen LogP contribution < -0.4 is 5.32 Å². The highest BCUT2D eigenvalue weighted by Gasteiger charge is 2.39. The van der Waals surface area contributed by atoms with Gasteiger partial charge in [0.15, 0.2) is 0 Å². The molecule has 2 aliphatic heterocycles. The molecule has 0 aliphatic carbocycles. The Balaban J connectivity index is 1.88. The number of hydrogen-bond donors (Lipinski definition) is 2. The number of unbranched alkanes of at least 4 members (excludes halogenated alkanes) is 1. The van der Waals surface area contributed by atoms with E-state index in [2.05, 4.69) is 12.2 Å². The zero-order valence-corrected chi connectivity index (χ0v) is 13.8. The molecule has 0 spiro atoms. The molecule has 0 aromatic carbocycles. The van der Waals surface area contributed by atoms with Crippen molar-refractivity contribution in [1.82, 2.24) is 10.2 Å². The first-order valence-corrected chi connectivity index (χ1v) is 8.43. The number of esters is 1. The first kappa shape index (κ1) is 17.7. The summed E-state index contributed by atoms with van der Waals surface area (Å²) in [6.07, 6.45) is 4.56. The van der Waals surface area contributed by atoms with Crippen molar-refractivity contribution in [2.75, 3.05) is 6.54 Å². The molecule has 1 amide bonds. The second-order valence-corrected chi connectivity index (χ2v) is 6.41. The first-order chi connectivity index (χ1) is 10.9. The highest BCUT2D eigenvalue weighted by atomic mass is 16.6. The molecule has 0 saturated carbocycles. The predicted octanol–water partition coefficient (Wildman–Crippen LogP) is 0.914. The second-order valence-electron chi connectivity index (χ2n) is 6.41. The van der Waals surface area contributed by atoms with Crippen molar-refractivity contribution in [1.29, 1.82) is 0 Å². The van der Waals surface area contributed by atoms with Gasteiger partial charge in [-0.1, -0.05) is 19.8 Å². The summed E-state index contributed by atoms with van der Waals surface area (Å²) in [6, 6.07) is -1.83. The molecular formula is C16H26N2O5. The average molecular weight is 326 g/mol. The highest BCUT2D eigenvalue weighted by molar-refractivity contribution is 5.88. The minimum Gasteiger partial charge on any atom is -0.480 e. The van der Waals surface area contributed by atoms with Crippen LogP contribution in [0.4, 0.5) is 0 Å². The number of aliphatic carboxylic acids is 1. The van der Waals surface area contributed by atoms with Crippen LogP contribution in [0.2, 0.25) is 0 Å². The lowest BCUT2D eigenvalue weighted by molar-refractivity contribution is -0.149. The SMILES string of the molecule is CCCCC1CC(N[C@@H](C)C(=O)N2CCC[C@H]2C(=O)O)C(=O)O1. The Labute approximate surface area is 136 Å². The zero-order valence-electron chi connectivity index (χ0n) is 13.8. The lowest BCUT2D eigenvalue weighted by Crippen LogP contribution is -2.52. The molecule has 2 fully saturated rings. The monoisotopic (exact) mass is 326 g/mol. The number of rotatable bonds is 7. The normalized spacial score (nSPS) is 28.7.